The van der Waals surface area contributed by atoms with E-state index in [1.165, 1.54) is 5.56 Å². The molecule has 0 bridgehead atoms. The first-order valence-electron chi connectivity index (χ1n) is 8.07. The highest BCUT2D eigenvalue weighted by Crippen LogP contribution is 2.39. The number of hydrogen-bond acceptors (Lipinski definition) is 5. The van der Waals surface area contributed by atoms with Crippen molar-refractivity contribution in [2.24, 2.45) is 0 Å². The van der Waals surface area contributed by atoms with Gasteiger partial charge in [0.2, 0.25) is 0 Å². The maximum absolute atomic E-state index is 5.46. The molecule has 5 nitrogen and oxygen atoms in total. The lowest BCUT2D eigenvalue weighted by Gasteiger charge is -2.14. The molecule has 26 heavy (non-hydrogen) atoms. The van der Waals surface area contributed by atoms with Gasteiger partial charge in [0.25, 0.3) is 0 Å². The summed E-state index contributed by atoms with van der Waals surface area (Å²) in [7, 11) is 3.27. The van der Waals surface area contributed by atoms with Gasteiger partial charge in [-0.3, -0.25) is 4.57 Å². The molecule has 0 fully saturated rings. The van der Waals surface area contributed by atoms with Crippen molar-refractivity contribution in [2.45, 2.75) is 24.8 Å². The Bertz CT molecular complexity index is 927. The Kier molecular flexibility index (Phi) is 5.88. The number of benzene rings is 2. The lowest BCUT2D eigenvalue weighted by molar-refractivity contribution is 0.353. The Morgan fingerprint density at radius 3 is 2.50 bits per heavy atom. The highest BCUT2D eigenvalue weighted by atomic mass is 79.9. The number of rotatable bonds is 6. The number of ether oxygens (including phenoxy) is 2. The predicted molar refractivity (Wildman–Crippen MR) is 108 cm³/mol. The lowest BCUT2D eigenvalue weighted by Crippen LogP contribution is -2.01. The first-order valence-corrected chi connectivity index (χ1v) is 9.84. The van der Waals surface area contributed by atoms with Crippen LogP contribution in [0.15, 0.2) is 46.0 Å². The summed E-state index contributed by atoms with van der Waals surface area (Å²) in [6.45, 7) is 4.06. The molecule has 0 amide bonds. The van der Waals surface area contributed by atoms with Crippen molar-refractivity contribution in [1.29, 1.82) is 0 Å². The van der Waals surface area contributed by atoms with Crippen molar-refractivity contribution in [3.8, 4) is 17.2 Å². The minimum atomic E-state index is 0.696. The van der Waals surface area contributed by atoms with Gasteiger partial charge in [0.05, 0.1) is 24.4 Å². The van der Waals surface area contributed by atoms with Gasteiger partial charge < -0.3 is 9.47 Å². The molecule has 0 aliphatic heterocycles. The molecular formula is C19H20BrN3O2S. The average Bonchev–Trinajstić information content (AvgIpc) is 3.01. The molecular weight excluding hydrogens is 414 g/mol. The molecule has 0 radical (unpaired) electrons. The molecule has 0 aliphatic carbocycles. The van der Waals surface area contributed by atoms with Crippen molar-refractivity contribution in [3.05, 3.63) is 57.8 Å². The number of para-hydroxylation sites is 1. The van der Waals surface area contributed by atoms with Gasteiger partial charge in [-0.15, -0.1) is 10.2 Å². The van der Waals surface area contributed by atoms with E-state index in [1.54, 1.807) is 26.0 Å². The molecule has 1 aromatic heterocycles. The fourth-order valence-corrected chi connectivity index (χ4v) is 4.51. The van der Waals surface area contributed by atoms with Crippen LogP contribution in [0.4, 0.5) is 0 Å². The Morgan fingerprint density at radius 1 is 1.04 bits per heavy atom. The Balaban J connectivity index is 1.90. The minimum Gasteiger partial charge on any atom is -0.493 e. The van der Waals surface area contributed by atoms with Gasteiger partial charge in [-0.25, -0.2) is 0 Å². The molecule has 136 valence electrons. The molecule has 0 saturated carbocycles. The van der Waals surface area contributed by atoms with E-state index in [1.807, 2.05) is 31.2 Å². The summed E-state index contributed by atoms with van der Waals surface area (Å²) in [6, 6.07) is 12.2. The number of thioether (sulfide) groups is 1. The lowest BCUT2D eigenvalue weighted by atomic mass is 10.2. The van der Waals surface area contributed by atoms with Crippen molar-refractivity contribution in [3.63, 3.8) is 0 Å². The molecule has 0 aliphatic rings. The van der Waals surface area contributed by atoms with E-state index < -0.39 is 0 Å². The van der Waals surface area contributed by atoms with Crippen LogP contribution in [0, 0.1) is 13.8 Å². The van der Waals surface area contributed by atoms with E-state index in [9.17, 15) is 0 Å². The van der Waals surface area contributed by atoms with Crippen LogP contribution in [-0.4, -0.2) is 29.0 Å². The molecule has 2 aromatic carbocycles. The molecule has 3 aromatic rings. The highest BCUT2D eigenvalue weighted by Gasteiger charge is 2.16. The van der Waals surface area contributed by atoms with E-state index in [0.717, 1.165) is 32.5 Å². The number of aromatic nitrogens is 3. The summed E-state index contributed by atoms with van der Waals surface area (Å²) in [6.07, 6.45) is 0. The van der Waals surface area contributed by atoms with Gasteiger partial charge >= 0.3 is 0 Å². The molecule has 0 saturated heterocycles. The standard InChI is InChI=1S/C19H20BrN3O2S/c1-12-7-5-6-8-15(12)23-13(2)21-22-19(23)26-11-14-9-10-16(24-3)18(25-4)17(14)20/h5-10H,11H2,1-4H3. The van der Waals surface area contributed by atoms with Crippen LogP contribution in [0.3, 0.4) is 0 Å². The van der Waals surface area contributed by atoms with Crippen LogP contribution >= 0.6 is 27.7 Å². The van der Waals surface area contributed by atoms with Crippen molar-refractivity contribution in [2.75, 3.05) is 14.2 Å². The smallest absolute Gasteiger partial charge is 0.196 e. The Labute approximate surface area is 165 Å². The fourth-order valence-electron chi connectivity index (χ4n) is 2.71. The maximum atomic E-state index is 5.46. The number of hydrogen-bond donors (Lipinski definition) is 0. The first-order chi connectivity index (χ1) is 12.6. The molecule has 3 rings (SSSR count). The van der Waals surface area contributed by atoms with Gasteiger partial charge in [-0.2, -0.15) is 0 Å². The second-order valence-electron chi connectivity index (χ2n) is 5.71. The van der Waals surface area contributed by atoms with Crippen LogP contribution in [0.25, 0.3) is 5.69 Å². The van der Waals surface area contributed by atoms with Crippen LogP contribution in [-0.2, 0) is 5.75 Å². The monoisotopic (exact) mass is 433 g/mol. The zero-order valence-corrected chi connectivity index (χ0v) is 17.5. The topological polar surface area (TPSA) is 49.2 Å². The second-order valence-corrected chi connectivity index (χ2v) is 7.45. The van der Waals surface area contributed by atoms with E-state index in [2.05, 4.69) is 49.8 Å². The van der Waals surface area contributed by atoms with Crippen molar-refractivity contribution >= 4 is 27.7 Å². The molecule has 0 atom stereocenters. The van der Waals surface area contributed by atoms with Gasteiger partial charge in [0.1, 0.15) is 5.82 Å². The highest BCUT2D eigenvalue weighted by molar-refractivity contribution is 9.10. The molecule has 0 unspecified atom stereocenters. The molecule has 0 N–H and O–H groups in total. The van der Waals surface area contributed by atoms with Gasteiger partial charge in [-0.1, -0.05) is 36.0 Å². The van der Waals surface area contributed by atoms with E-state index in [0.29, 0.717) is 11.5 Å². The number of aryl methyl sites for hydroxylation is 2. The summed E-state index contributed by atoms with van der Waals surface area (Å²) in [5, 5.41) is 9.48. The van der Waals surface area contributed by atoms with Gasteiger partial charge in [0.15, 0.2) is 16.7 Å². The van der Waals surface area contributed by atoms with Crippen LogP contribution in [0.1, 0.15) is 17.0 Å². The van der Waals surface area contributed by atoms with Crippen LogP contribution < -0.4 is 9.47 Å². The normalized spacial score (nSPS) is 10.8. The van der Waals surface area contributed by atoms with E-state index in [-0.39, 0.29) is 0 Å². The fraction of sp³-hybridized carbons (Fsp3) is 0.263. The average molecular weight is 434 g/mol. The molecule has 0 spiro atoms. The number of halogens is 1. The van der Waals surface area contributed by atoms with E-state index in [4.69, 9.17) is 9.47 Å². The molecule has 1 heterocycles. The van der Waals surface area contributed by atoms with Gasteiger partial charge in [0, 0.05) is 5.75 Å². The van der Waals surface area contributed by atoms with Gasteiger partial charge in [-0.05, 0) is 53.0 Å². The van der Waals surface area contributed by atoms with Crippen LogP contribution in [0.2, 0.25) is 0 Å². The third-order valence-electron chi connectivity index (χ3n) is 4.07. The summed E-state index contributed by atoms with van der Waals surface area (Å²) >= 11 is 5.26. The quantitative estimate of drug-likeness (QED) is 0.514. The third-order valence-corrected chi connectivity index (χ3v) is 5.92. The number of methoxy groups -OCH3 is 2. The van der Waals surface area contributed by atoms with Crippen molar-refractivity contribution in [1.82, 2.24) is 14.8 Å². The zero-order chi connectivity index (χ0) is 18.7. The largest absolute Gasteiger partial charge is 0.493 e. The molecule has 7 heteroatoms. The third kappa shape index (κ3) is 3.59. The summed E-state index contributed by atoms with van der Waals surface area (Å²) < 4.78 is 13.8. The minimum absolute atomic E-state index is 0.696. The zero-order valence-electron chi connectivity index (χ0n) is 15.1. The Hall–Kier alpha value is -1.99. The van der Waals surface area contributed by atoms with E-state index >= 15 is 0 Å². The number of nitrogens with zero attached hydrogens (tertiary/aromatic N) is 3. The first kappa shape index (κ1) is 18.8. The second kappa shape index (κ2) is 8.14. The summed E-state index contributed by atoms with van der Waals surface area (Å²) in [4.78, 5) is 0. The summed E-state index contributed by atoms with van der Waals surface area (Å²) in [5.41, 5.74) is 3.39. The Morgan fingerprint density at radius 2 is 1.81 bits per heavy atom. The van der Waals surface area contributed by atoms with Crippen molar-refractivity contribution < 1.29 is 9.47 Å². The maximum Gasteiger partial charge on any atom is 0.196 e. The van der Waals surface area contributed by atoms with Crippen LogP contribution in [0.5, 0.6) is 11.5 Å². The predicted octanol–water partition coefficient (Wildman–Crippen LogP) is 4.96. The SMILES string of the molecule is COc1ccc(CSc2nnc(C)n2-c2ccccc2C)c(Br)c1OC. The summed E-state index contributed by atoms with van der Waals surface area (Å²) in [5.74, 6) is 2.99.